The highest BCUT2D eigenvalue weighted by molar-refractivity contribution is 5.70. The second-order valence-electron chi connectivity index (χ2n) is 4.54. The van der Waals surface area contributed by atoms with E-state index in [0.717, 1.165) is 0 Å². The molecule has 0 fully saturated rings. The lowest BCUT2D eigenvalue weighted by Crippen LogP contribution is -2.22. The van der Waals surface area contributed by atoms with Crippen molar-refractivity contribution in [3.63, 3.8) is 0 Å². The van der Waals surface area contributed by atoms with Gasteiger partial charge in [-0.15, -0.1) is 0 Å². The van der Waals surface area contributed by atoms with E-state index >= 15 is 0 Å². The summed E-state index contributed by atoms with van der Waals surface area (Å²) < 4.78 is 0. The van der Waals surface area contributed by atoms with Gasteiger partial charge in [0, 0.05) is 23.8 Å². The van der Waals surface area contributed by atoms with Gasteiger partial charge in [-0.05, 0) is 31.4 Å². The number of nitrogens with zero attached hydrogens (tertiary/aromatic N) is 1. The van der Waals surface area contributed by atoms with Gasteiger partial charge in [0.15, 0.2) is 0 Å². The van der Waals surface area contributed by atoms with Gasteiger partial charge in [0.25, 0.3) is 0 Å². The van der Waals surface area contributed by atoms with Crippen molar-refractivity contribution in [1.82, 2.24) is 0 Å². The molecule has 0 saturated heterocycles. The van der Waals surface area contributed by atoms with Gasteiger partial charge >= 0.3 is 0 Å². The number of hydrogen-bond acceptors (Lipinski definition) is 1. The number of hydrogen-bond donors (Lipinski definition) is 0. The van der Waals surface area contributed by atoms with Crippen molar-refractivity contribution in [2.75, 3.05) is 11.9 Å². The molecule has 1 atom stereocenters. The number of likely N-dealkylation sites (N-methyl/N-ethyl adjacent to an activating group) is 1. The van der Waals surface area contributed by atoms with Crippen molar-refractivity contribution in [3.05, 3.63) is 41.6 Å². The van der Waals surface area contributed by atoms with Gasteiger partial charge in [0.05, 0.1) is 0 Å². The molecule has 72 valence electrons. The highest BCUT2D eigenvalue weighted by Crippen LogP contribution is 2.52. The molecular formula is C13H15N. The van der Waals surface area contributed by atoms with Crippen LogP contribution in [0, 0.1) is 0 Å². The highest BCUT2D eigenvalue weighted by Gasteiger charge is 2.43. The zero-order valence-electron chi connectivity index (χ0n) is 8.75. The molecule has 3 rings (SSSR count). The summed E-state index contributed by atoms with van der Waals surface area (Å²) in [6.07, 6.45) is 4.88. The molecule has 1 heterocycles. The Labute approximate surface area is 85.0 Å². The van der Waals surface area contributed by atoms with Crippen LogP contribution in [-0.2, 0) is 5.41 Å². The van der Waals surface area contributed by atoms with Gasteiger partial charge in [-0.25, -0.2) is 0 Å². The van der Waals surface area contributed by atoms with Gasteiger partial charge < -0.3 is 4.90 Å². The Morgan fingerprint density at radius 3 is 2.93 bits per heavy atom. The molecule has 0 radical (unpaired) electrons. The van der Waals surface area contributed by atoms with Crippen molar-refractivity contribution >= 4 is 5.69 Å². The first-order valence-corrected chi connectivity index (χ1v) is 5.27. The molecule has 1 aliphatic carbocycles. The van der Waals surface area contributed by atoms with E-state index in [4.69, 9.17) is 0 Å². The zero-order valence-corrected chi connectivity index (χ0v) is 8.75. The Morgan fingerprint density at radius 1 is 1.29 bits per heavy atom. The third kappa shape index (κ3) is 0.759. The number of allylic oxidation sites excluding steroid dienone is 2. The molecule has 0 N–H and O–H groups in total. The Balaban J connectivity index is 2.28. The number of benzene rings is 1. The van der Waals surface area contributed by atoms with Crippen LogP contribution in [0.4, 0.5) is 5.69 Å². The second-order valence-corrected chi connectivity index (χ2v) is 4.54. The molecule has 2 aliphatic rings. The van der Waals surface area contributed by atoms with Crippen LogP contribution in [0.1, 0.15) is 25.3 Å². The third-order valence-electron chi connectivity index (χ3n) is 3.77. The summed E-state index contributed by atoms with van der Waals surface area (Å²) in [7, 11) is 2.18. The number of rotatable bonds is 0. The van der Waals surface area contributed by atoms with Crippen molar-refractivity contribution in [1.29, 1.82) is 0 Å². The van der Waals surface area contributed by atoms with Crippen LogP contribution in [0.5, 0.6) is 0 Å². The summed E-state index contributed by atoms with van der Waals surface area (Å²) >= 11 is 0. The van der Waals surface area contributed by atoms with E-state index in [0.29, 0.717) is 5.41 Å². The van der Waals surface area contributed by atoms with Crippen molar-refractivity contribution in [2.24, 2.45) is 0 Å². The maximum Gasteiger partial charge on any atom is 0.0447 e. The minimum atomic E-state index is 0.297. The molecule has 0 spiro atoms. The third-order valence-corrected chi connectivity index (χ3v) is 3.77. The molecule has 0 aromatic heterocycles. The molecule has 0 bridgehead atoms. The molecule has 1 aromatic carbocycles. The summed E-state index contributed by atoms with van der Waals surface area (Å²) in [5.74, 6) is 0. The maximum absolute atomic E-state index is 2.39. The topological polar surface area (TPSA) is 3.24 Å². The quantitative estimate of drug-likeness (QED) is 0.600. The van der Waals surface area contributed by atoms with Gasteiger partial charge in [-0.1, -0.05) is 24.3 Å². The number of para-hydroxylation sites is 1. The van der Waals surface area contributed by atoms with E-state index in [2.05, 4.69) is 49.2 Å². The molecule has 1 unspecified atom stereocenters. The van der Waals surface area contributed by atoms with Gasteiger partial charge in [-0.2, -0.15) is 0 Å². The van der Waals surface area contributed by atoms with E-state index in [1.807, 2.05) is 0 Å². The Bertz CT molecular complexity index is 419. The summed E-state index contributed by atoms with van der Waals surface area (Å²) in [4.78, 5) is 2.35. The fraction of sp³-hybridized carbons (Fsp3) is 0.385. The Kier molecular flexibility index (Phi) is 1.40. The van der Waals surface area contributed by atoms with Crippen LogP contribution >= 0.6 is 0 Å². The van der Waals surface area contributed by atoms with E-state index in [1.54, 1.807) is 0 Å². The Hall–Kier alpha value is -1.24. The first-order chi connectivity index (χ1) is 6.73. The molecule has 0 saturated carbocycles. The lowest BCUT2D eigenvalue weighted by atomic mass is 9.82. The van der Waals surface area contributed by atoms with Crippen LogP contribution < -0.4 is 4.90 Å². The average Bonchev–Trinajstić information content (AvgIpc) is 2.67. The second kappa shape index (κ2) is 2.41. The molecule has 0 amide bonds. The van der Waals surface area contributed by atoms with Gasteiger partial charge in [-0.3, -0.25) is 0 Å². The SMILES string of the molecule is CN1C2=CCCC2(C)c2ccccc21. The van der Waals surface area contributed by atoms with Crippen LogP contribution in [0.15, 0.2) is 36.0 Å². The summed E-state index contributed by atoms with van der Waals surface area (Å²) in [6.45, 7) is 2.37. The highest BCUT2D eigenvalue weighted by atomic mass is 15.2. The number of fused-ring (bicyclic) bond motifs is 3. The van der Waals surface area contributed by atoms with E-state index < -0.39 is 0 Å². The molecular weight excluding hydrogens is 170 g/mol. The fourth-order valence-corrected chi connectivity index (χ4v) is 2.99. The van der Waals surface area contributed by atoms with Gasteiger partial charge in [0.1, 0.15) is 0 Å². The lowest BCUT2D eigenvalue weighted by molar-refractivity contribution is 0.564. The van der Waals surface area contributed by atoms with Crippen molar-refractivity contribution < 1.29 is 0 Å². The monoisotopic (exact) mass is 185 g/mol. The van der Waals surface area contributed by atoms with Crippen molar-refractivity contribution in [3.8, 4) is 0 Å². The standard InChI is InChI=1S/C13H15N/c1-13-9-5-8-12(13)14(2)11-7-4-3-6-10(11)13/h3-4,6-8H,5,9H2,1-2H3. The molecule has 1 heteroatoms. The normalized spacial score (nSPS) is 28.7. The van der Waals surface area contributed by atoms with E-state index in [-0.39, 0.29) is 0 Å². The summed E-state index contributed by atoms with van der Waals surface area (Å²) in [5.41, 5.74) is 4.69. The first kappa shape index (κ1) is 8.10. The van der Waals surface area contributed by atoms with Crippen LogP contribution in [0.25, 0.3) is 0 Å². The molecule has 1 aromatic rings. The predicted octanol–water partition coefficient (Wildman–Crippen LogP) is 3.07. The summed E-state index contributed by atoms with van der Waals surface area (Å²) in [5, 5.41) is 0. The zero-order chi connectivity index (χ0) is 9.76. The van der Waals surface area contributed by atoms with Crippen molar-refractivity contribution in [2.45, 2.75) is 25.2 Å². The molecule has 14 heavy (non-hydrogen) atoms. The minimum absolute atomic E-state index is 0.297. The summed E-state index contributed by atoms with van der Waals surface area (Å²) in [6, 6.07) is 8.78. The van der Waals surface area contributed by atoms with E-state index in [9.17, 15) is 0 Å². The average molecular weight is 185 g/mol. The molecule has 1 aliphatic heterocycles. The predicted molar refractivity (Wildman–Crippen MR) is 59.5 cm³/mol. The van der Waals surface area contributed by atoms with Crippen LogP contribution in [-0.4, -0.2) is 7.05 Å². The fourth-order valence-electron chi connectivity index (χ4n) is 2.99. The van der Waals surface area contributed by atoms with Crippen LogP contribution in [0.3, 0.4) is 0 Å². The number of anilines is 1. The lowest BCUT2D eigenvalue weighted by Gasteiger charge is -2.22. The Morgan fingerprint density at radius 2 is 2.07 bits per heavy atom. The minimum Gasteiger partial charge on any atom is -0.347 e. The smallest absolute Gasteiger partial charge is 0.0447 e. The molecule has 1 nitrogen and oxygen atoms in total. The largest absolute Gasteiger partial charge is 0.347 e. The maximum atomic E-state index is 2.39. The first-order valence-electron chi connectivity index (χ1n) is 5.27. The van der Waals surface area contributed by atoms with Gasteiger partial charge in [0.2, 0.25) is 0 Å². The van der Waals surface area contributed by atoms with Crippen LogP contribution in [0.2, 0.25) is 0 Å². The van der Waals surface area contributed by atoms with E-state index in [1.165, 1.54) is 29.8 Å².